The van der Waals surface area contributed by atoms with Gasteiger partial charge in [0.15, 0.2) is 9.84 Å². The van der Waals surface area contributed by atoms with Crippen molar-refractivity contribution in [3.63, 3.8) is 0 Å². The third-order valence-electron chi connectivity index (χ3n) is 3.66. The zero-order valence-electron chi connectivity index (χ0n) is 8.48. The lowest BCUT2D eigenvalue weighted by Gasteiger charge is -2.42. The molecule has 0 aromatic heterocycles. The summed E-state index contributed by atoms with van der Waals surface area (Å²) in [7, 11) is -3.06. The van der Waals surface area contributed by atoms with Gasteiger partial charge in [0, 0.05) is 0 Å². The fourth-order valence-corrected chi connectivity index (χ4v) is 5.30. The van der Waals surface area contributed by atoms with Crippen LogP contribution in [0.25, 0.3) is 0 Å². The second-order valence-corrected chi connectivity index (χ2v) is 7.20. The predicted octanol–water partition coefficient (Wildman–Crippen LogP) is -0.701. The lowest BCUT2D eigenvalue weighted by molar-refractivity contribution is -0.123. The van der Waals surface area contributed by atoms with E-state index in [1.807, 2.05) is 0 Å². The van der Waals surface area contributed by atoms with Crippen LogP contribution in [0.5, 0.6) is 0 Å². The predicted molar refractivity (Wildman–Crippen MR) is 55.7 cm³/mol. The van der Waals surface area contributed by atoms with Gasteiger partial charge in [-0.15, -0.1) is 0 Å². The maximum atomic E-state index is 11.9. The average Bonchev–Trinajstić information content (AvgIpc) is 2.07. The molecule has 0 spiro atoms. The van der Waals surface area contributed by atoms with Crippen LogP contribution in [0.15, 0.2) is 0 Å². The van der Waals surface area contributed by atoms with Gasteiger partial charge in [-0.2, -0.15) is 0 Å². The van der Waals surface area contributed by atoms with Crippen LogP contribution < -0.4 is 11.5 Å². The van der Waals surface area contributed by atoms with Crippen LogP contribution in [0.3, 0.4) is 0 Å². The van der Waals surface area contributed by atoms with E-state index in [1.54, 1.807) is 0 Å². The number of primary amides is 1. The lowest BCUT2D eigenvalue weighted by atomic mass is 9.83. The SMILES string of the molecule is NC(=O)C1(N)CC2CCCC(C1)S2(=O)=O. The number of nitrogens with two attached hydrogens (primary N) is 2. The molecular formula is C9H16N2O3S. The van der Waals surface area contributed by atoms with Crippen molar-refractivity contribution >= 4 is 15.7 Å². The van der Waals surface area contributed by atoms with E-state index < -0.39 is 31.8 Å². The molecule has 0 radical (unpaired) electrons. The fourth-order valence-electron chi connectivity index (χ4n) is 2.71. The molecule has 5 nitrogen and oxygen atoms in total. The molecule has 2 rings (SSSR count). The highest BCUT2D eigenvalue weighted by atomic mass is 32.2. The molecule has 2 bridgehead atoms. The van der Waals surface area contributed by atoms with Gasteiger partial charge in [0.25, 0.3) is 0 Å². The van der Waals surface area contributed by atoms with E-state index in [2.05, 4.69) is 0 Å². The quantitative estimate of drug-likeness (QED) is 0.623. The van der Waals surface area contributed by atoms with Crippen molar-refractivity contribution in [3.8, 4) is 0 Å². The second kappa shape index (κ2) is 3.18. The Hall–Kier alpha value is -0.620. The summed E-state index contributed by atoms with van der Waals surface area (Å²) in [6.07, 6.45) is 2.53. The first-order valence-corrected chi connectivity index (χ1v) is 6.79. The van der Waals surface area contributed by atoms with E-state index in [0.717, 1.165) is 6.42 Å². The monoisotopic (exact) mass is 232 g/mol. The number of fused-ring (bicyclic) bond motifs is 2. The van der Waals surface area contributed by atoms with E-state index >= 15 is 0 Å². The molecule has 0 aromatic rings. The zero-order chi connectivity index (χ0) is 11.3. The van der Waals surface area contributed by atoms with Gasteiger partial charge in [0.2, 0.25) is 5.91 Å². The van der Waals surface area contributed by atoms with E-state index in [4.69, 9.17) is 11.5 Å². The molecule has 2 aliphatic rings. The number of amides is 1. The topological polar surface area (TPSA) is 103 Å². The summed E-state index contributed by atoms with van der Waals surface area (Å²) in [5.74, 6) is -0.575. The van der Waals surface area contributed by atoms with Gasteiger partial charge in [-0.3, -0.25) is 4.79 Å². The van der Waals surface area contributed by atoms with Crippen molar-refractivity contribution in [3.05, 3.63) is 0 Å². The van der Waals surface area contributed by atoms with Crippen molar-refractivity contribution in [2.24, 2.45) is 11.5 Å². The smallest absolute Gasteiger partial charge is 0.237 e. The number of hydrogen-bond donors (Lipinski definition) is 2. The van der Waals surface area contributed by atoms with Crippen molar-refractivity contribution in [2.45, 2.75) is 48.1 Å². The van der Waals surface area contributed by atoms with Gasteiger partial charge >= 0.3 is 0 Å². The molecule has 2 saturated heterocycles. The molecule has 1 amide bonds. The first kappa shape index (κ1) is 10.9. The minimum Gasteiger partial charge on any atom is -0.368 e. The van der Waals surface area contributed by atoms with E-state index in [1.165, 1.54) is 0 Å². The summed E-state index contributed by atoms with van der Waals surface area (Å²) in [5, 5.41) is -0.912. The van der Waals surface area contributed by atoms with Gasteiger partial charge in [0.05, 0.1) is 16.0 Å². The van der Waals surface area contributed by atoms with E-state index in [9.17, 15) is 13.2 Å². The second-order valence-electron chi connectivity index (χ2n) is 4.69. The van der Waals surface area contributed by atoms with Gasteiger partial charge < -0.3 is 11.5 Å². The molecule has 4 N–H and O–H groups in total. The maximum absolute atomic E-state index is 11.9. The van der Waals surface area contributed by atoms with Crippen LogP contribution in [0.2, 0.25) is 0 Å². The van der Waals surface area contributed by atoms with Crippen LogP contribution in [-0.2, 0) is 14.6 Å². The summed E-state index contributed by atoms with van der Waals surface area (Å²) >= 11 is 0. The van der Waals surface area contributed by atoms with Crippen molar-refractivity contribution < 1.29 is 13.2 Å². The number of carbonyl (C=O) groups is 1. The van der Waals surface area contributed by atoms with Crippen LogP contribution in [0, 0.1) is 0 Å². The van der Waals surface area contributed by atoms with E-state index in [-0.39, 0.29) is 12.8 Å². The third-order valence-corrected chi connectivity index (χ3v) is 6.32. The Kier molecular flexibility index (Phi) is 2.31. The first-order valence-electron chi connectivity index (χ1n) is 5.18. The molecular weight excluding hydrogens is 216 g/mol. The average molecular weight is 232 g/mol. The molecule has 2 unspecified atom stereocenters. The van der Waals surface area contributed by atoms with Crippen molar-refractivity contribution in [2.75, 3.05) is 0 Å². The van der Waals surface area contributed by atoms with Gasteiger partial charge in [-0.25, -0.2) is 8.42 Å². The Morgan fingerprint density at radius 3 is 2.07 bits per heavy atom. The summed E-state index contributed by atoms with van der Waals surface area (Å²) in [6, 6.07) is 0. The molecule has 0 aliphatic carbocycles. The Bertz CT molecular complexity index is 370. The third kappa shape index (κ3) is 1.56. The van der Waals surface area contributed by atoms with Crippen molar-refractivity contribution in [1.29, 1.82) is 0 Å². The summed E-state index contributed by atoms with van der Waals surface area (Å²) in [6.45, 7) is 0. The standard InChI is InChI=1S/C9H16N2O3S/c10-8(12)9(11)4-6-2-1-3-7(5-9)15(6,13)14/h6-7H,1-5,11H2,(H2,10,12). The normalized spacial score (nSPS) is 43.5. The fraction of sp³-hybridized carbons (Fsp3) is 0.889. The van der Waals surface area contributed by atoms with Crippen LogP contribution >= 0.6 is 0 Å². The Morgan fingerprint density at radius 2 is 1.67 bits per heavy atom. The molecule has 2 fully saturated rings. The van der Waals surface area contributed by atoms with Gasteiger partial charge in [-0.05, 0) is 25.7 Å². The highest BCUT2D eigenvalue weighted by Gasteiger charge is 2.51. The molecule has 86 valence electrons. The maximum Gasteiger partial charge on any atom is 0.237 e. The highest BCUT2D eigenvalue weighted by Crippen LogP contribution is 2.40. The minimum absolute atomic E-state index is 0.196. The number of hydrogen-bond acceptors (Lipinski definition) is 4. The molecule has 15 heavy (non-hydrogen) atoms. The molecule has 2 heterocycles. The lowest BCUT2D eigenvalue weighted by Crippen LogP contribution is -2.62. The van der Waals surface area contributed by atoms with Gasteiger partial charge in [-0.1, -0.05) is 6.42 Å². The molecule has 6 heteroatoms. The Balaban J connectivity index is 2.34. The molecule has 0 aromatic carbocycles. The largest absolute Gasteiger partial charge is 0.368 e. The zero-order valence-corrected chi connectivity index (χ0v) is 9.29. The van der Waals surface area contributed by atoms with Crippen LogP contribution in [0.4, 0.5) is 0 Å². The Labute approximate surface area is 89.1 Å². The first-order chi connectivity index (χ1) is 6.86. The summed E-state index contributed by atoms with van der Waals surface area (Å²) < 4.78 is 23.8. The summed E-state index contributed by atoms with van der Waals surface area (Å²) in [4.78, 5) is 11.2. The summed E-state index contributed by atoms with van der Waals surface area (Å²) in [5.41, 5.74) is 10.00. The number of carbonyl (C=O) groups excluding carboxylic acids is 1. The number of sulfone groups is 1. The van der Waals surface area contributed by atoms with Crippen LogP contribution in [-0.4, -0.2) is 30.4 Å². The van der Waals surface area contributed by atoms with Crippen LogP contribution in [0.1, 0.15) is 32.1 Å². The van der Waals surface area contributed by atoms with Crippen molar-refractivity contribution in [1.82, 2.24) is 0 Å². The Morgan fingerprint density at radius 1 is 1.20 bits per heavy atom. The highest BCUT2D eigenvalue weighted by molar-refractivity contribution is 7.92. The van der Waals surface area contributed by atoms with E-state index in [0.29, 0.717) is 12.8 Å². The molecule has 2 aliphatic heterocycles. The minimum atomic E-state index is -3.06. The molecule has 2 atom stereocenters. The molecule has 0 saturated carbocycles. The van der Waals surface area contributed by atoms with Gasteiger partial charge in [0.1, 0.15) is 0 Å². The number of rotatable bonds is 1.